The summed E-state index contributed by atoms with van der Waals surface area (Å²) in [6, 6.07) is 27.8. The molecular formula is C35H34ClN3O3. The van der Waals surface area contributed by atoms with E-state index in [4.69, 9.17) is 11.6 Å². The molecule has 0 unspecified atom stereocenters. The van der Waals surface area contributed by atoms with E-state index in [0.717, 1.165) is 53.3 Å². The first-order valence-electron chi connectivity index (χ1n) is 14.7. The van der Waals surface area contributed by atoms with Crippen molar-refractivity contribution in [2.24, 2.45) is 0 Å². The van der Waals surface area contributed by atoms with Crippen LogP contribution in [0.1, 0.15) is 53.6 Å². The minimum absolute atomic E-state index is 0.101. The van der Waals surface area contributed by atoms with E-state index in [-0.39, 0.29) is 36.9 Å². The molecule has 42 heavy (non-hydrogen) atoms. The second-order valence-electron chi connectivity index (χ2n) is 11.3. The van der Waals surface area contributed by atoms with Crippen molar-refractivity contribution >= 4 is 45.8 Å². The van der Waals surface area contributed by atoms with Crippen molar-refractivity contribution in [3.63, 3.8) is 0 Å². The van der Waals surface area contributed by atoms with E-state index in [2.05, 4.69) is 5.32 Å². The Bertz CT molecular complexity index is 1590. The number of amides is 3. The van der Waals surface area contributed by atoms with Gasteiger partial charge < -0.3 is 10.2 Å². The molecule has 4 aromatic rings. The Balaban J connectivity index is 1.34. The smallest absolute Gasteiger partial charge is 0.259 e. The Hall–Kier alpha value is -4.16. The lowest BCUT2D eigenvalue weighted by atomic mass is 9.94. The van der Waals surface area contributed by atoms with Crippen LogP contribution in [-0.2, 0) is 22.6 Å². The molecule has 0 radical (unpaired) electrons. The third-order valence-electron chi connectivity index (χ3n) is 8.43. The van der Waals surface area contributed by atoms with Crippen molar-refractivity contribution in [1.82, 2.24) is 10.2 Å². The molecule has 1 heterocycles. The van der Waals surface area contributed by atoms with Gasteiger partial charge in [0.05, 0.1) is 5.69 Å². The van der Waals surface area contributed by atoms with Gasteiger partial charge in [-0.3, -0.25) is 19.3 Å². The summed E-state index contributed by atoms with van der Waals surface area (Å²) < 4.78 is 0. The number of nitrogens with zero attached hydrogens (tertiary/aromatic N) is 2. The van der Waals surface area contributed by atoms with Gasteiger partial charge in [-0.25, -0.2) is 0 Å². The van der Waals surface area contributed by atoms with Crippen LogP contribution in [0.15, 0.2) is 91.0 Å². The lowest BCUT2D eigenvalue weighted by molar-refractivity contribution is -0.140. The van der Waals surface area contributed by atoms with Gasteiger partial charge >= 0.3 is 0 Å². The Kier molecular flexibility index (Phi) is 8.24. The Morgan fingerprint density at radius 3 is 2.31 bits per heavy atom. The van der Waals surface area contributed by atoms with Gasteiger partial charge in [-0.2, -0.15) is 0 Å². The van der Waals surface area contributed by atoms with Gasteiger partial charge in [0, 0.05) is 35.0 Å². The molecule has 1 saturated carbocycles. The van der Waals surface area contributed by atoms with Gasteiger partial charge in [0.1, 0.15) is 12.6 Å². The van der Waals surface area contributed by atoms with Gasteiger partial charge in [-0.05, 0) is 53.6 Å². The number of hydrogen-bond donors (Lipinski definition) is 1. The molecule has 6 rings (SSSR count). The zero-order valence-corrected chi connectivity index (χ0v) is 24.2. The lowest BCUT2D eigenvalue weighted by Gasteiger charge is -2.34. The van der Waals surface area contributed by atoms with Crippen LogP contribution >= 0.6 is 11.6 Å². The van der Waals surface area contributed by atoms with Gasteiger partial charge in [-0.15, -0.1) is 0 Å². The van der Waals surface area contributed by atoms with E-state index in [0.29, 0.717) is 17.0 Å². The molecule has 0 aromatic heterocycles. The summed E-state index contributed by atoms with van der Waals surface area (Å²) in [5, 5.41) is 5.68. The van der Waals surface area contributed by atoms with Crippen LogP contribution in [0.3, 0.4) is 0 Å². The van der Waals surface area contributed by atoms with Gasteiger partial charge in [0.15, 0.2) is 0 Å². The second-order valence-corrected chi connectivity index (χ2v) is 11.7. The fraction of sp³-hybridized carbons (Fsp3) is 0.286. The fourth-order valence-corrected chi connectivity index (χ4v) is 6.37. The Morgan fingerprint density at radius 2 is 1.57 bits per heavy atom. The van der Waals surface area contributed by atoms with Crippen molar-refractivity contribution < 1.29 is 14.4 Å². The normalized spacial score (nSPS) is 15.5. The molecule has 6 nitrogen and oxygen atoms in total. The van der Waals surface area contributed by atoms with E-state index in [1.165, 1.54) is 6.42 Å². The highest BCUT2D eigenvalue weighted by molar-refractivity contribution is 6.30. The Morgan fingerprint density at radius 1 is 0.857 bits per heavy atom. The summed E-state index contributed by atoms with van der Waals surface area (Å²) in [5.41, 5.74) is 3.13. The molecule has 7 heteroatoms. The number of carbonyl (C=O) groups is 3. The van der Waals surface area contributed by atoms with Crippen LogP contribution in [-0.4, -0.2) is 41.2 Å². The number of hydrogen-bond acceptors (Lipinski definition) is 3. The van der Waals surface area contributed by atoms with Crippen molar-refractivity contribution in [1.29, 1.82) is 0 Å². The molecule has 0 spiro atoms. The van der Waals surface area contributed by atoms with Crippen LogP contribution in [0.25, 0.3) is 10.8 Å². The average molecular weight is 580 g/mol. The minimum Gasteiger partial charge on any atom is -0.352 e. The predicted molar refractivity (Wildman–Crippen MR) is 167 cm³/mol. The van der Waals surface area contributed by atoms with Gasteiger partial charge in [0.2, 0.25) is 11.8 Å². The van der Waals surface area contributed by atoms with Crippen LogP contribution in [0, 0.1) is 0 Å². The van der Waals surface area contributed by atoms with Crippen molar-refractivity contribution in [2.75, 3.05) is 11.4 Å². The highest BCUT2D eigenvalue weighted by Gasteiger charge is 2.36. The molecule has 3 amide bonds. The van der Waals surface area contributed by atoms with Crippen molar-refractivity contribution in [3.8, 4) is 0 Å². The molecule has 1 fully saturated rings. The SMILES string of the molecule is O=C(NC1CCCCC1)[C@@H](Cc1ccccc1)N(Cc1ccc(Cl)cc1)C(=O)CN1C(=O)c2cccc3cccc1c23. The van der Waals surface area contributed by atoms with Crippen molar-refractivity contribution in [2.45, 2.75) is 57.2 Å². The summed E-state index contributed by atoms with van der Waals surface area (Å²) >= 11 is 6.16. The molecule has 1 N–H and O–H groups in total. The number of rotatable bonds is 9. The third kappa shape index (κ3) is 5.90. The quantitative estimate of drug-likeness (QED) is 0.245. The van der Waals surface area contributed by atoms with E-state index in [9.17, 15) is 14.4 Å². The molecule has 1 aliphatic heterocycles. The third-order valence-corrected chi connectivity index (χ3v) is 8.68. The number of benzene rings is 4. The number of halogens is 1. The topological polar surface area (TPSA) is 69.7 Å². The highest BCUT2D eigenvalue weighted by Crippen LogP contribution is 2.37. The maximum absolute atomic E-state index is 14.3. The van der Waals surface area contributed by atoms with E-state index in [1.54, 1.807) is 28.0 Å². The summed E-state index contributed by atoms with van der Waals surface area (Å²) in [6.07, 6.45) is 5.61. The summed E-state index contributed by atoms with van der Waals surface area (Å²) in [4.78, 5) is 45.1. The van der Waals surface area contributed by atoms with Gasteiger partial charge in [0.25, 0.3) is 5.91 Å². The lowest BCUT2D eigenvalue weighted by Crippen LogP contribution is -2.54. The maximum Gasteiger partial charge on any atom is 0.259 e. The molecule has 1 atom stereocenters. The van der Waals surface area contributed by atoms with E-state index < -0.39 is 6.04 Å². The molecule has 4 aromatic carbocycles. The standard InChI is InChI=1S/C35H34ClN3O3/c36-27-19-17-25(18-20-27)22-38(31(21-24-9-3-1-4-10-24)34(41)37-28-13-5-2-6-14-28)32(40)23-39-30-16-8-12-26-11-7-15-29(33(26)30)35(39)42/h1,3-4,7-12,15-20,28,31H,2,5-6,13-14,21-23H2,(H,37,41)/t31-/m1/s1. The summed E-state index contributed by atoms with van der Waals surface area (Å²) in [5.74, 6) is -0.651. The van der Waals surface area contributed by atoms with E-state index in [1.807, 2.05) is 72.8 Å². The number of nitrogens with one attached hydrogen (secondary N) is 1. The molecule has 214 valence electrons. The molecule has 0 bridgehead atoms. The molecule has 1 aliphatic carbocycles. The summed E-state index contributed by atoms with van der Waals surface area (Å²) in [6.45, 7) is 0.0486. The molecule has 2 aliphatic rings. The fourth-order valence-electron chi connectivity index (χ4n) is 6.25. The maximum atomic E-state index is 14.3. The Labute approximate surface area is 251 Å². The second kappa shape index (κ2) is 12.4. The first-order chi connectivity index (χ1) is 20.5. The first-order valence-corrected chi connectivity index (χ1v) is 15.1. The molecule has 0 saturated heterocycles. The van der Waals surface area contributed by atoms with Gasteiger partial charge in [-0.1, -0.05) is 97.6 Å². The van der Waals surface area contributed by atoms with E-state index >= 15 is 0 Å². The highest BCUT2D eigenvalue weighted by atomic mass is 35.5. The first kappa shape index (κ1) is 28.0. The average Bonchev–Trinajstić information content (AvgIpc) is 3.28. The van der Waals surface area contributed by atoms with Crippen molar-refractivity contribution in [3.05, 3.63) is 113 Å². The number of anilines is 1. The predicted octanol–water partition coefficient (Wildman–Crippen LogP) is 6.54. The monoisotopic (exact) mass is 579 g/mol. The summed E-state index contributed by atoms with van der Waals surface area (Å²) in [7, 11) is 0. The van der Waals surface area contributed by atoms with Crippen LogP contribution in [0.4, 0.5) is 5.69 Å². The zero-order valence-electron chi connectivity index (χ0n) is 23.5. The zero-order chi connectivity index (χ0) is 29.1. The minimum atomic E-state index is -0.756. The van der Waals surface area contributed by atoms with Crippen LogP contribution < -0.4 is 10.2 Å². The number of carbonyl (C=O) groups excluding carboxylic acids is 3. The van der Waals surface area contributed by atoms with Crippen LogP contribution in [0.5, 0.6) is 0 Å². The molecular weight excluding hydrogens is 546 g/mol. The van der Waals surface area contributed by atoms with Crippen LogP contribution in [0.2, 0.25) is 5.02 Å². The largest absolute Gasteiger partial charge is 0.352 e.